The first-order valence-electron chi connectivity index (χ1n) is 6.01. The molecular formula is C12H22ClNO. The van der Waals surface area contributed by atoms with Gasteiger partial charge in [-0.15, -0.1) is 11.6 Å². The highest BCUT2D eigenvalue weighted by atomic mass is 35.5. The first kappa shape index (κ1) is 12.8. The Labute approximate surface area is 97.8 Å². The van der Waals surface area contributed by atoms with E-state index in [-0.39, 0.29) is 17.2 Å². The van der Waals surface area contributed by atoms with Gasteiger partial charge in [-0.3, -0.25) is 4.79 Å². The Morgan fingerprint density at radius 2 is 2.00 bits per heavy atom. The highest BCUT2D eigenvalue weighted by molar-refractivity contribution is 6.20. The van der Waals surface area contributed by atoms with Crippen LogP contribution >= 0.6 is 11.6 Å². The molecule has 0 spiro atoms. The monoisotopic (exact) mass is 231 g/mol. The molecule has 0 aliphatic heterocycles. The van der Waals surface area contributed by atoms with Crippen molar-refractivity contribution in [2.24, 2.45) is 11.8 Å². The van der Waals surface area contributed by atoms with Crippen LogP contribution < -0.4 is 5.32 Å². The predicted molar refractivity (Wildman–Crippen MR) is 64.1 cm³/mol. The zero-order chi connectivity index (χ0) is 11.3. The summed E-state index contributed by atoms with van der Waals surface area (Å²) in [7, 11) is 0. The molecule has 1 fully saturated rings. The van der Waals surface area contributed by atoms with Crippen molar-refractivity contribution in [1.29, 1.82) is 0 Å². The standard InChI is InChI=1S/C12H22ClNO/c1-9(2)7-11(13)8-14-12(15)10-5-3-4-6-10/h9-11H,3-8H2,1-2H3,(H,14,15). The van der Waals surface area contributed by atoms with Crippen molar-refractivity contribution < 1.29 is 4.79 Å². The Hall–Kier alpha value is -0.240. The fraction of sp³-hybridized carbons (Fsp3) is 0.917. The van der Waals surface area contributed by atoms with Gasteiger partial charge in [0.05, 0.1) is 5.38 Å². The molecule has 0 aromatic rings. The van der Waals surface area contributed by atoms with Gasteiger partial charge in [-0.25, -0.2) is 0 Å². The van der Waals surface area contributed by atoms with Crippen molar-refractivity contribution in [3.05, 3.63) is 0 Å². The van der Waals surface area contributed by atoms with Crippen molar-refractivity contribution in [2.75, 3.05) is 6.54 Å². The number of rotatable bonds is 5. The second-order valence-electron chi connectivity index (χ2n) is 4.95. The average molecular weight is 232 g/mol. The summed E-state index contributed by atoms with van der Waals surface area (Å²) in [6.07, 6.45) is 5.49. The molecule has 88 valence electrons. The Balaban J connectivity index is 2.15. The maximum absolute atomic E-state index is 11.7. The molecule has 0 radical (unpaired) electrons. The summed E-state index contributed by atoms with van der Waals surface area (Å²) in [5.74, 6) is 1.06. The van der Waals surface area contributed by atoms with Crippen LogP contribution in [0.25, 0.3) is 0 Å². The largest absolute Gasteiger partial charge is 0.354 e. The molecule has 1 aliphatic carbocycles. The summed E-state index contributed by atoms with van der Waals surface area (Å²) in [5.41, 5.74) is 0. The highest BCUT2D eigenvalue weighted by Gasteiger charge is 2.22. The van der Waals surface area contributed by atoms with Crippen molar-refractivity contribution in [1.82, 2.24) is 5.32 Å². The Morgan fingerprint density at radius 3 is 2.53 bits per heavy atom. The molecule has 1 atom stereocenters. The van der Waals surface area contributed by atoms with E-state index in [2.05, 4.69) is 19.2 Å². The van der Waals surface area contributed by atoms with Gasteiger partial charge in [0.2, 0.25) is 5.91 Å². The molecule has 0 saturated heterocycles. The lowest BCUT2D eigenvalue weighted by Gasteiger charge is -2.15. The zero-order valence-electron chi connectivity index (χ0n) is 9.76. The summed E-state index contributed by atoms with van der Waals surface area (Å²) in [4.78, 5) is 11.7. The Morgan fingerprint density at radius 1 is 1.40 bits per heavy atom. The molecule has 0 aromatic heterocycles. The molecule has 3 heteroatoms. The van der Waals surface area contributed by atoms with Crippen molar-refractivity contribution in [2.45, 2.75) is 51.3 Å². The van der Waals surface area contributed by atoms with E-state index in [0.29, 0.717) is 12.5 Å². The van der Waals surface area contributed by atoms with Gasteiger partial charge in [0.25, 0.3) is 0 Å². The molecule has 15 heavy (non-hydrogen) atoms. The molecule has 2 nitrogen and oxygen atoms in total. The molecule has 1 rings (SSSR count). The number of alkyl halides is 1. The van der Waals surface area contributed by atoms with E-state index >= 15 is 0 Å². The molecule has 1 N–H and O–H groups in total. The van der Waals surface area contributed by atoms with Crippen LogP contribution in [0.4, 0.5) is 0 Å². The summed E-state index contributed by atoms with van der Waals surface area (Å²) in [6, 6.07) is 0. The van der Waals surface area contributed by atoms with Crippen molar-refractivity contribution in [3.63, 3.8) is 0 Å². The Bertz CT molecular complexity index is 200. The summed E-state index contributed by atoms with van der Waals surface area (Å²) < 4.78 is 0. The smallest absolute Gasteiger partial charge is 0.223 e. The first-order chi connectivity index (χ1) is 7.09. The van der Waals surface area contributed by atoms with Crippen LogP contribution in [-0.4, -0.2) is 17.8 Å². The van der Waals surface area contributed by atoms with E-state index in [9.17, 15) is 4.79 Å². The van der Waals surface area contributed by atoms with Gasteiger partial charge in [0.1, 0.15) is 0 Å². The van der Waals surface area contributed by atoms with Gasteiger partial charge < -0.3 is 5.32 Å². The van der Waals surface area contributed by atoms with Gasteiger partial charge >= 0.3 is 0 Å². The Kier molecular flexibility index (Phi) is 5.44. The fourth-order valence-corrected chi connectivity index (χ4v) is 2.57. The van der Waals surface area contributed by atoms with Crippen LogP contribution in [0.2, 0.25) is 0 Å². The predicted octanol–water partition coefficient (Wildman–Crippen LogP) is 2.95. The minimum Gasteiger partial charge on any atom is -0.354 e. The zero-order valence-corrected chi connectivity index (χ0v) is 10.5. The van der Waals surface area contributed by atoms with Crippen LogP contribution in [0.5, 0.6) is 0 Å². The van der Waals surface area contributed by atoms with E-state index in [0.717, 1.165) is 19.3 Å². The maximum atomic E-state index is 11.7. The third kappa shape index (κ3) is 4.87. The fourth-order valence-electron chi connectivity index (χ4n) is 2.14. The second-order valence-corrected chi connectivity index (χ2v) is 5.57. The minimum atomic E-state index is 0.0790. The maximum Gasteiger partial charge on any atom is 0.223 e. The van der Waals surface area contributed by atoms with E-state index < -0.39 is 0 Å². The van der Waals surface area contributed by atoms with Crippen molar-refractivity contribution >= 4 is 17.5 Å². The number of hydrogen-bond donors (Lipinski definition) is 1. The lowest BCUT2D eigenvalue weighted by Crippen LogP contribution is -2.34. The molecular weight excluding hydrogens is 210 g/mol. The van der Waals surface area contributed by atoms with Crippen LogP contribution in [0.3, 0.4) is 0 Å². The highest BCUT2D eigenvalue weighted by Crippen LogP contribution is 2.24. The lowest BCUT2D eigenvalue weighted by molar-refractivity contribution is -0.124. The normalized spacial score (nSPS) is 19.5. The summed E-state index contributed by atoms with van der Waals surface area (Å²) in [5, 5.41) is 3.04. The van der Waals surface area contributed by atoms with E-state index in [1.165, 1.54) is 12.8 Å². The lowest BCUT2D eigenvalue weighted by atomic mass is 10.1. The molecule has 1 saturated carbocycles. The molecule has 0 bridgehead atoms. The second kappa shape index (κ2) is 6.37. The topological polar surface area (TPSA) is 29.1 Å². The molecule has 1 unspecified atom stereocenters. The van der Waals surface area contributed by atoms with E-state index in [4.69, 9.17) is 11.6 Å². The third-order valence-electron chi connectivity index (χ3n) is 2.95. The number of hydrogen-bond acceptors (Lipinski definition) is 1. The quantitative estimate of drug-likeness (QED) is 0.725. The van der Waals surface area contributed by atoms with Gasteiger partial charge in [0.15, 0.2) is 0 Å². The molecule has 0 aromatic carbocycles. The van der Waals surface area contributed by atoms with Gasteiger partial charge in [-0.2, -0.15) is 0 Å². The minimum absolute atomic E-state index is 0.0790. The van der Waals surface area contributed by atoms with Crippen LogP contribution in [0.15, 0.2) is 0 Å². The van der Waals surface area contributed by atoms with Crippen molar-refractivity contribution in [3.8, 4) is 0 Å². The third-order valence-corrected chi connectivity index (χ3v) is 3.28. The first-order valence-corrected chi connectivity index (χ1v) is 6.45. The van der Waals surface area contributed by atoms with Gasteiger partial charge in [-0.1, -0.05) is 26.7 Å². The number of carbonyl (C=O) groups is 1. The van der Waals surface area contributed by atoms with E-state index in [1.807, 2.05) is 0 Å². The van der Waals surface area contributed by atoms with Crippen LogP contribution in [0, 0.1) is 11.8 Å². The van der Waals surface area contributed by atoms with Crippen LogP contribution in [-0.2, 0) is 4.79 Å². The van der Waals surface area contributed by atoms with Gasteiger partial charge in [-0.05, 0) is 25.2 Å². The average Bonchev–Trinajstić information content (AvgIpc) is 2.65. The summed E-state index contributed by atoms with van der Waals surface area (Å²) >= 11 is 6.11. The number of halogens is 1. The molecule has 1 amide bonds. The number of amides is 1. The van der Waals surface area contributed by atoms with E-state index in [1.54, 1.807) is 0 Å². The van der Waals surface area contributed by atoms with Gasteiger partial charge in [0, 0.05) is 12.5 Å². The SMILES string of the molecule is CC(C)CC(Cl)CNC(=O)C1CCCC1. The molecule has 0 heterocycles. The summed E-state index contributed by atoms with van der Waals surface area (Å²) in [6.45, 7) is 4.91. The molecule has 1 aliphatic rings. The number of carbonyl (C=O) groups excluding carboxylic acids is 1. The number of nitrogens with one attached hydrogen (secondary N) is 1. The van der Waals surface area contributed by atoms with Crippen LogP contribution in [0.1, 0.15) is 46.0 Å².